The number of furan rings is 1. The average molecular weight is 585 g/mol. The Hall–Kier alpha value is -3.24. The summed E-state index contributed by atoms with van der Waals surface area (Å²) < 4.78 is 22.0. The van der Waals surface area contributed by atoms with Crippen LogP contribution in [0.25, 0.3) is 0 Å². The van der Waals surface area contributed by atoms with Gasteiger partial charge in [-0.05, 0) is 50.7 Å². The first-order valence-electron chi connectivity index (χ1n) is 14.4. The van der Waals surface area contributed by atoms with E-state index in [1.54, 1.807) is 53.0 Å². The Labute approximate surface area is 245 Å². The predicted molar refractivity (Wildman–Crippen MR) is 147 cm³/mol. The lowest BCUT2D eigenvalue weighted by Gasteiger charge is -2.66. The summed E-state index contributed by atoms with van der Waals surface area (Å²) in [6.07, 6.45) is 3.32. The number of ketones is 1. The summed E-state index contributed by atoms with van der Waals surface area (Å²) >= 11 is 0. The highest BCUT2D eigenvalue weighted by Gasteiger charge is 2.75. The molecule has 228 valence electrons. The van der Waals surface area contributed by atoms with Crippen LogP contribution in [-0.2, 0) is 33.4 Å². The van der Waals surface area contributed by atoms with Crippen LogP contribution in [0.5, 0.6) is 0 Å². The molecule has 1 aromatic rings. The number of aliphatic hydroxyl groups excluding tert-OH is 1. The summed E-state index contributed by atoms with van der Waals surface area (Å²) in [4.78, 5) is 53.6. The van der Waals surface area contributed by atoms with Crippen molar-refractivity contribution >= 4 is 23.7 Å². The summed E-state index contributed by atoms with van der Waals surface area (Å²) in [5.74, 6) is -4.80. The maximum Gasteiger partial charge on any atom is 0.335 e. The van der Waals surface area contributed by atoms with Gasteiger partial charge in [0, 0.05) is 33.3 Å². The van der Waals surface area contributed by atoms with Crippen molar-refractivity contribution in [3.8, 4) is 0 Å². The Kier molecular flexibility index (Phi) is 7.13. The molecule has 1 saturated heterocycles. The number of ether oxygens (including phenoxy) is 3. The van der Waals surface area contributed by atoms with Crippen LogP contribution in [0.15, 0.2) is 46.3 Å². The largest absolute Gasteiger partial charge is 0.472 e. The van der Waals surface area contributed by atoms with E-state index in [0.717, 1.165) is 7.11 Å². The zero-order valence-electron chi connectivity index (χ0n) is 25.1. The molecule has 0 radical (unpaired) electrons. The van der Waals surface area contributed by atoms with Gasteiger partial charge in [0.15, 0.2) is 17.5 Å². The number of hydrogen-bond acceptors (Lipinski definition) is 10. The van der Waals surface area contributed by atoms with Gasteiger partial charge in [0.2, 0.25) is 0 Å². The number of aliphatic hydroxyl groups is 2. The topological polar surface area (TPSA) is 150 Å². The molecule has 0 amide bonds. The third-order valence-electron chi connectivity index (χ3n) is 10.9. The SMILES string of the molecule is C/C=C(\C)C(=O)O[C@H]1C(C)(C)[C@H]([C@@H](O)C(=O)OC)[C@]2(C)C(=O)[C@@]1(O)C=C1C3CC(=O)O[C@@H](c4ccoc4)[C@]3(C)CC[C@@H]12. The molecule has 0 spiro atoms. The van der Waals surface area contributed by atoms with Gasteiger partial charge in [-0.25, -0.2) is 9.59 Å². The molecule has 3 aliphatic carbocycles. The van der Waals surface area contributed by atoms with E-state index in [9.17, 15) is 29.4 Å². The molecule has 1 aliphatic heterocycles. The van der Waals surface area contributed by atoms with Gasteiger partial charge < -0.3 is 28.8 Å². The van der Waals surface area contributed by atoms with E-state index in [2.05, 4.69) is 0 Å². The fraction of sp³-hybridized carbons (Fsp3) is 0.625. The quantitative estimate of drug-likeness (QED) is 0.227. The van der Waals surface area contributed by atoms with Crippen LogP contribution >= 0.6 is 0 Å². The molecule has 2 heterocycles. The predicted octanol–water partition coefficient (Wildman–Crippen LogP) is 3.61. The molecule has 10 heteroatoms. The van der Waals surface area contributed by atoms with Crippen LogP contribution in [0.4, 0.5) is 0 Å². The van der Waals surface area contributed by atoms with Gasteiger partial charge in [-0.15, -0.1) is 0 Å². The van der Waals surface area contributed by atoms with Crippen LogP contribution in [-0.4, -0.2) is 58.8 Å². The Bertz CT molecular complexity index is 1370. The van der Waals surface area contributed by atoms with Gasteiger partial charge >= 0.3 is 17.9 Å². The first kappa shape index (κ1) is 30.2. The molecule has 3 fully saturated rings. The van der Waals surface area contributed by atoms with Gasteiger partial charge in [0.25, 0.3) is 0 Å². The zero-order chi connectivity index (χ0) is 31.0. The smallest absolute Gasteiger partial charge is 0.335 e. The molecule has 0 aromatic carbocycles. The lowest BCUT2D eigenvalue weighted by molar-refractivity contribution is -0.235. The maximum atomic E-state index is 14.5. The Morgan fingerprint density at radius 1 is 1.17 bits per heavy atom. The third kappa shape index (κ3) is 3.97. The molecule has 2 saturated carbocycles. The van der Waals surface area contributed by atoms with Crippen molar-refractivity contribution in [1.29, 1.82) is 0 Å². The van der Waals surface area contributed by atoms with Crippen molar-refractivity contribution < 1.29 is 48.0 Å². The highest BCUT2D eigenvalue weighted by atomic mass is 16.6. The number of hydrogen-bond donors (Lipinski definition) is 2. The van der Waals surface area contributed by atoms with E-state index >= 15 is 0 Å². The Morgan fingerprint density at radius 3 is 2.45 bits per heavy atom. The molecule has 2 N–H and O–H groups in total. The number of rotatable bonds is 5. The number of carbonyl (C=O) groups excluding carboxylic acids is 4. The lowest BCUT2D eigenvalue weighted by Crippen LogP contribution is -2.76. The minimum atomic E-state index is -2.29. The van der Waals surface area contributed by atoms with Gasteiger partial charge in [0.05, 0.1) is 26.1 Å². The standard InChI is InChI=1S/C32H40O10/c1-8-16(2)25(35)42-28-29(3,4)23(22(34)26(36)39-7)31(6)19-9-11-30(5)20(18(19)14-32(28,38)27(31)37)13-21(33)41-24(30)17-10-12-40-15-17/h8,10,12,14-15,19-20,22-24,28,34,38H,9,11,13H2,1-7H3/b16-8+/t19-,20?,22+,23-,24-,28-,30+,31+,32-/m0/s1. The fourth-order valence-corrected chi connectivity index (χ4v) is 8.80. The second-order valence-corrected chi connectivity index (χ2v) is 13.4. The molecule has 5 rings (SSSR count). The highest BCUT2D eigenvalue weighted by Crippen LogP contribution is 2.69. The minimum absolute atomic E-state index is 0.0171. The number of methoxy groups -OCH3 is 1. The molecule has 2 bridgehead atoms. The van der Waals surface area contributed by atoms with E-state index in [4.69, 9.17) is 18.6 Å². The number of allylic oxidation sites excluding steroid dienone is 2. The van der Waals surface area contributed by atoms with Crippen LogP contribution in [0.1, 0.15) is 72.5 Å². The van der Waals surface area contributed by atoms with E-state index < -0.39 is 81.6 Å². The summed E-state index contributed by atoms with van der Waals surface area (Å²) in [6, 6.07) is 1.75. The van der Waals surface area contributed by atoms with Crippen molar-refractivity contribution in [1.82, 2.24) is 0 Å². The van der Waals surface area contributed by atoms with E-state index in [0.29, 0.717) is 24.0 Å². The van der Waals surface area contributed by atoms with Gasteiger partial charge in [0.1, 0.15) is 12.2 Å². The highest BCUT2D eigenvalue weighted by molar-refractivity contribution is 6.00. The average Bonchev–Trinajstić information content (AvgIpc) is 3.47. The van der Waals surface area contributed by atoms with Gasteiger partial charge in [-0.2, -0.15) is 0 Å². The van der Waals surface area contributed by atoms with E-state index in [1.165, 1.54) is 12.3 Å². The van der Waals surface area contributed by atoms with Crippen LogP contribution in [0.3, 0.4) is 0 Å². The molecule has 4 aliphatic rings. The van der Waals surface area contributed by atoms with E-state index in [-0.39, 0.29) is 12.0 Å². The zero-order valence-corrected chi connectivity index (χ0v) is 25.1. The summed E-state index contributed by atoms with van der Waals surface area (Å²) in [6.45, 7) is 10.3. The van der Waals surface area contributed by atoms with Crippen molar-refractivity contribution in [3.05, 3.63) is 47.5 Å². The molecule has 42 heavy (non-hydrogen) atoms. The second-order valence-electron chi connectivity index (χ2n) is 13.4. The van der Waals surface area contributed by atoms with Crippen molar-refractivity contribution in [2.75, 3.05) is 7.11 Å². The number of Topliss-reactive ketones (excluding diaryl/α,β-unsaturated/α-hetero) is 1. The second kappa shape index (κ2) is 9.91. The molecule has 1 aromatic heterocycles. The lowest BCUT2D eigenvalue weighted by atomic mass is 9.39. The van der Waals surface area contributed by atoms with Crippen LogP contribution < -0.4 is 0 Å². The van der Waals surface area contributed by atoms with Crippen molar-refractivity contribution in [2.45, 2.75) is 84.7 Å². The summed E-state index contributed by atoms with van der Waals surface area (Å²) in [5, 5.41) is 23.9. The molecular weight excluding hydrogens is 544 g/mol. The Morgan fingerprint density at radius 2 is 1.86 bits per heavy atom. The number of cyclic esters (lactones) is 1. The van der Waals surface area contributed by atoms with Crippen molar-refractivity contribution in [2.24, 2.45) is 34.0 Å². The molecule has 1 unspecified atom stereocenters. The summed E-state index contributed by atoms with van der Waals surface area (Å²) in [7, 11) is 1.15. The monoisotopic (exact) mass is 584 g/mol. The normalized spacial score (nSPS) is 39.7. The minimum Gasteiger partial charge on any atom is -0.472 e. The first-order valence-corrected chi connectivity index (χ1v) is 14.4. The number of fused-ring (bicyclic) bond motifs is 6. The van der Waals surface area contributed by atoms with Crippen LogP contribution in [0.2, 0.25) is 0 Å². The molecule has 10 nitrogen and oxygen atoms in total. The van der Waals surface area contributed by atoms with Crippen molar-refractivity contribution in [3.63, 3.8) is 0 Å². The maximum absolute atomic E-state index is 14.5. The third-order valence-corrected chi connectivity index (χ3v) is 10.9. The van der Waals surface area contributed by atoms with Gasteiger partial charge in [-0.3, -0.25) is 9.59 Å². The van der Waals surface area contributed by atoms with Crippen LogP contribution in [0, 0.1) is 34.0 Å². The molecule has 9 atom stereocenters. The fourth-order valence-electron chi connectivity index (χ4n) is 8.80. The van der Waals surface area contributed by atoms with Gasteiger partial charge in [-0.1, -0.05) is 39.3 Å². The number of esters is 3. The summed E-state index contributed by atoms with van der Waals surface area (Å²) in [5.41, 5.74) is -4.00. The molecular formula is C32H40O10. The Balaban J connectivity index is 1.73. The van der Waals surface area contributed by atoms with E-state index in [1.807, 2.05) is 6.92 Å². The number of carbonyl (C=O) groups is 4. The first-order chi connectivity index (χ1) is 19.6.